The number of aliphatic hydroxyl groups is 1. The Morgan fingerprint density at radius 1 is 1.42 bits per heavy atom. The maximum absolute atomic E-state index is 12.7. The molecule has 0 aliphatic carbocycles. The predicted octanol–water partition coefficient (Wildman–Crippen LogP) is 1.87. The number of amides is 1. The first-order valence-corrected chi connectivity index (χ1v) is 6.44. The van der Waals surface area contributed by atoms with Crippen molar-refractivity contribution in [1.82, 2.24) is 5.32 Å². The fraction of sp³-hybridized carbons (Fsp3) is 0.500. The van der Waals surface area contributed by atoms with Gasteiger partial charge in [-0.2, -0.15) is 0 Å². The minimum atomic E-state index is -0.320. The SMILES string of the molecule is CCC(CCO)NC(=O)CCOc1ccc(F)cc1. The minimum absolute atomic E-state index is 0.00308. The van der Waals surface area contributed by atoms with Crippen LogP contribution in [0, 0.1) is 5.82 Å². The van der Waals surface area contributed by atoms with E-state index in [4.69, 9.17) is 9.84 Å². The van der Waals surface area contributed by atoms with Crippen molar-refractivity contribution in [3.05, 3.63) is 30.1 Å². The molecular formula is C14H20FNO3. The molecule has 5 heteroatoms. The lowest BCUT2D eigenvalue weighted by atomic mass is 10.1. The molecule has 19 heavy (non-hydrogen) atoms. The summed E-state index contributed by atoms with van der Waals surface area (Å²) in [5.41, 5.74) is 0. The van der Waals surface area contributed by atoms with E-state index in [-0.39, 0.29) is 37.4 Å². The molecule has 0 saturated carbocycles. The lowest BCUT2D eigenvalue weighted by molar-refractivity contribution is -0.122. The molecule has 1 aromatic carbocycles. The first-order valence-electron chi connectivity index (χ1n) is 6.44. The summed E-state index contributed by atoms with van der Waals surface area (Å²) in [6.07, 6.45) is 1.57. The number of ether oxygens (including phenoxy) is 1. The van der Waals surface area contributed by atoms with E-state index in [1.807, 2.05) is 6.92 Å². The number of carbonyl (C=O) groups excluding carboxylic acids is 1. The second-order valence-electron chi connectivity index (χ2n) is 4.24. The summed E-state index contributed by atoms with van der Waals surface area (Å²) in [4.78, 5) is 11.6. The maximum Gasteiger partial charge on any atom is 0.223 e. The van der Waals surface area contributed by atoms with Gasteiger partial charge in [0.05, 0.1) is 13.0 Å². The molecule has 4 nitrogen and oxygen atoms in total. The van der Waals surface area contributed by atoms with E-state index in [2.05, 4.69) is 5.32 Å². The van der Waals surface area contributed by atoms with E-state index < -0.39 is 0 Å². The summed E-state index contributed by atoms with van der Waals surface area (Å²) >= 11 is 0. The first-order chi connectivity index (χ1) is 9.15. The van der Waals surface area contributed by atoms with Crippen molar-refractivity contribution in [3.63, 3.8) is 0 Å². The van der Waals surface area contributed by atoms with Crippen LogP contribution >= 0.6 is 0 Å². The number of hydrogen-bond acceptors (Lipinski definition) is 3. The molecule has 106 valence electrons. The van der Waals surface area contributed by atoms with E-state index in [0.29, 0.717) is 12.2 Å². The summed E-state index contributed by atoms with van der Waals surface area (Å²) in [5, 5.41) is 11.6. The van der Waals surface area contributed by atoms with Crippen molar-refractivity contribution in [1.29, 1.82) is 0 Å². The number of rotatable bonds is 8. The molecule has 1 amide bonds. The zero-order chi connectivity index (χ0) is 14.1. The topological polar surface area (TPSA) is 58.6 Å². The third-order valence-electron chi connectivity index (χ3n) is 2.75. The molecule has 1 unspecified atom stereocenters. The van der Waals surface area contributed by atoms with Gasteiger partial charge in [0.2, 0.25) is 5.91 Å². The van der Waals surface area contributed by atoms with Crippen LogP contribution in [-0.4, -0.2) is 30.3 Å². The average Bonchev–Trinajstić information content (AvgIpc) is 2.40. The van der Waals surface area contributed by atoms with Crippen LogP contribution in [0.15, 0.2) is 24.3 Å². The molecular weight excluding hydrogens is 249 g/mol. The highest BCUT2D eigenvalue weighted by molar-refractivity contribution is 5.76. The Balaban J connectivity index is 2.24. The van der Waals surface area contributed by atoms with E-state index in [0.717, 1.165) is 6.42 Å². The monoisotopic (exact) mass is 269 g/mol. The standard InChI is InChI=1S/C14H20FNO3/c1-2-12(7-9-17)16-14(18)8-10-19-13-5-3-11(15)4-6-13/h3-6,12,17H,2,7-10H2,1H3,(H,16,18). The van der Waals surface area contributed by atoms with Crippen LogP contribution in [-0.2, 0) is 4.79 Å². The van der Waals surface area contributed by atoms with Crippen LogP contribution < -0.4 is 10.1 Å². The van der Waals surface area contributed by atoms with Crippen molar-refractivity contribution < 1.29 is 19.0 Å². The van der Waals surface area contributed by atoms with Gasteiger partial charge >= 0.3 is 0 Å². The van der Waals surface area contributed by atoms with E-state index in [1.54, 1.807) is 0 Å². The van der Waals surface area contributed by atoms with Crippen LogP contribution in [0.2, 0.25) is 0 Å². The normalized spacial score (nSPS) is 11.9. The quantitative estimate of drug-likeness (QED) is 0.757. The van der Waals surface area contributed by atoms with Crippen molar-refractivity contribution in [2.45, 2.75) is 32.2 Å². The predicted molar refractivity (Wildman–Crippen MR) is 70.4 cm³/mol. The molecule has 0 bridgehead atoms. The van der Waals surface area contributed by atoms with Crippen LogP contribution in [0.25, 0.3) is 0 Å². The summed E-state index contributed by atoms with van der Waals surface area (Å²) in [6.45, 7) is 2.26. The molecule has 0 aliphatic heterocycles. The van der Waals surface area contributed by atoms with Crippen molar-refractivity contribution in [2.75, 3.05) is 13.2 Å². The first kappa shape index (κ1) is 15.4. The second kappa shape index (κ2) is 8.48. The number of benzene rings is 1. The van der Waals surface area contributed by atoms with Gasteiger partial charge < -0.3 is 15.2 Å². The van der Waals surface area contributed by atoms with Gasteiger partial charge in [0, 0.05) is 12.6 Å². The summed E-state index contributed by atoms with van der Waals surface area (Å²) in [7, 11) is 0. The fourth-order valence-corrected chi connectivity index (χ4v) is 1.63. The second-order valence-corrected chi connectivity index (χ2v) is 4.24. The number of aliphatic hydroxyl groups excluding tert-OH is 1. The third-order valence-corrected chi connectivity index (χ3v) is 2.75. The molecule has 0 spiro atoms. The van der Waals surface area contributed by atoms with Gasteiger partial charge in [-0.05, 0) is 37.1 Å². The highest BCUT2D eigenvalue weighted by Gasteiger charge is 2.09. The number of hydrogen-bond donors (Lipinski definition) is 2. The zero-order valence-corrected chi connectivity index (χ0v) is 11.1. The zero-order valence-electron chi connectivity index (χ0n) is 11.1. The number of nitrogens with one attached hydrogen (secondary N) is 1. The largest absolute Gasteiger partial charge is 0.493 e. The van der Waals surface area contributed by atoms with Crippen LogP contribution in [0.5, 0.6) is 5.75 Å². The molecule has 1 aromatic rings. The molecule has 0 aliphatic rings. The molecule has 1 rings (SSSR count). The third kappa shape index (κ3) is 6.20. The van der Waals surface area contributed by atoms with E-state index in [1.165, 1.54) is 24.3 Å². The molecule has 0 heterocycles. The highest BCUT2D eigenvalue weighted by atomic mass is 19.1. The van der Waals surface area contributed by atoms with Gasteiger partial charge in [-0.3, -0.25) is 4.79 Å². The Bertz CT molecular complexity index is 381. The Kier molecular flexibility index (Phi) is 6.89. The maximum atomic E-state index is 12.7. The Morgan fingerprint density at radius 2 is 2.11 bits per heavy atom. The minimum Gasteiger partial charge on any atom is -0.493 e. The summed E-state index contributed by atoms with van der Waals surface area (Å²) in [6, 6.07) is 5.67. The van der Waals surface area contributed by atoms with Crippen molar-refractivity contribution >= 4 is 5.91 Å². The number of halogens is 1. The van der Waals surface area contributed by atoms with E-state index >= 15 is 0 Å². The Hall–Kier alpha value is -1.62. The molecule has 0 aromatic heterocycles. The highest BCUT2D eigenvalue weighted by Crippen LogP contribution is 2.11. The van der Waals surface area contributed by atoms with Gasteiger partial charge in [-0.1, -0.05) is 6.92 Å². The average molecular weight is 269 g/mol. The van der Waals surface area contributed by atoms with Crippen molar-refractivity contribution in [2.24, 2.45) is 0 Å². The van der Waals surface area contributed by atoms with Crippen molar-refractivity contribution in [3.8, 4) is 5.75 Å². The van der Waals surface area contributed by atoms with Gasteiger partial charge in [0.1, 0.15) is 11.6 Å². The molecule has 2 N–H and O–H groups in total. The molecule has 1 atom stereocenters. The van der Waals surface area contributed by atoms with Gasteiger partial charge in [0.15, 0.2) is 0 Å². The molecule has 0 radical (unpaired) electrons. The fourth-order valence-electron chi connectivity index (χ4n) is 1.63. The Labute approximate surface area is 112 Å². The summed E-state index contributed by atoms with van der Waals surface area (Å²) < 4.78 is 18.0. The lowest BCUT2D eigenvalue weighted by Crippen LogP contribution is -2.35. The Morgan fingerprint density at radius 3 is 2.68 bits per heavy atom. The molecule has 0 fully saturated rings. The van der Waals surface area contributed by atoms with Gasteiger partial charge in [0.25, 0.3) is 0 Å². The van der Waals surface area contributed by atoms with Crippen LogP contribution in [0.3, 0.4) is 0 Å². The smallest absolute Gasteiger partial charge is 0.223 e. The van der Waals surface area contributed by atoms with Gasteiger partial charge in [-0.15, -0.1) is 0 Å². The van der Waals surface area contributed by atoms with Crippen LogP contribution in [0.1, 0.15) is 26.2 Å². The van der Waals surface area contributed by atoms with E-state index in [9.17, 15) is 9.18 Å². The lowest BCUT2D eigenvalue weighted by Gasteiger charge is -2.15. The summed E-state index contributed by atoms with van der Waals surface area (Å²) in [5.74, 6) is 0.110. The van der Waals surface area contributed by atoms with Gasteiger partial charge in [-0.25, -0.2) is 4.39 Å². The molecule has 0 saturated heterocycles. The van der Waals surface area contributed by atoms with Crippen LogP contribution in [0.4, 0.5) is 4.39 Å². The number of carbonyl (C=O) groups is 1.